The number of nitrogens with one attached hydrogen (secondary N) is 1. The van der Waals surface area contributed by atoms with Crippen molar-refractivity contribution in [3.05, 3.63) is 64.3 Å². The lowest BCUT2D eigenvalue weighted by Gasteiger charge is -2.08. The minimum atomic E-state index is -0.508. The number of anilines is 1. The van der Waals surface area contributed by atoms with E-state index in [1.807, 2.05) is 18.2 Å². The third-order valence-corrected chi connectivity index (χ3v) is 4.40. The molecular weight excluding hydrogens is 405 g/mol. The fourth-order valence-electron chi connectivity index (χ4n) is 2.54. The maximum atomic E-state index is 14.1. The molecule has 26 heavy (non-hydrogen) atoms. The lowest BCUT2D eigenvalue weighted by atomic mass is 10.2. The van der Waals surface area contributed by atoms with Gasteiger partial charge in [-0.2, -0.15) is 4.68 Å². The minimum Gasteiger partial charge on any atom is -0.450 e. The summed E-state index contributed by atoms with van der Waals surface area (Å²) < 4.78 is 21.7. The number of nitrogens with zero attached hydrogens (tertiary/aromatic N) is 4. The highest BCUT2D eigenvalue weighted by molar-refractivity contribution is 9.10. The summed E-state index contributed by atoms with van der Waals surface area (Å²) in [5, 5.41) is 14.5. The van der Waals surface area contributed by atoms with E-state index in [4.69, 9.17) is 4.42 Å². The molecule has 0 unspecified atom stereocenters. The first-order valence-electron chi connectivity index (χ1n) is 7.57. The van der Waals surface area contributed by atoms with E-state index in [9.17, 15) is 9.18 Å². The number of carbonyl (C=O) groups is 1. The van der Waals surface area contributed by atoms with Crippen LogP contribution in [0.3, 0.4) is 0 Å². The number of amides is 1. The molecule has 0 aliphatic rings. The van der Waals surface area contributed by atoms with E-state index in [0.717, 1.165) is 9.86 Å². The summed E-state index contributed by atoms with van der Waals surface area (Å²) in [5.74, 6) is -0.379. The first kappa shape index (κ1) is 16.4. The van der Waals surface area contributed by atoms with Gasteiger partial charge in [-0.3, -0.25) is 4.79 Å². The van der Waals surface area contributed by atoms with Crippen molar-refractivity contribution in [2.45, 2.75) is 6.92 Å². The van der Waals surface area contributed by atoms with E-state index in [1.54, 1.807) is 13.0 Å². The van der Waals surface area contributed by atoms with E-state index in [0.29, 0.717) is 17.1 Å². The van der Waals surface area contributed by atoms with Crippen LogP contribution in [0.1, 0.15) is 16.4 Å². The average Bonchev–Trinajstić information content (AvgIpc) is 3.24. The number of tetrazole rings is 1. The van der Waals surface area contributed by atoms with E-state index in [2.05, 4.69) is 36.8 Å². The van der Waals surface area contributed by atoms with E-state index < -0.39 is 11.7 Å². The fourth-order valence-corrected chi connectivity index (χ4v) is 3.00. The normalized spacial score (nSPS) is 11.0. The lowest BCUT2D eigenvalue weighted by molar-refractivity contribution is 0.0998. The first-order valence-corrected chi connectivity index (χ1v) is 8.36. The van der Waals surface area contributed by atoms with Gasteiger partial charge in [0.2, 0.25) is 0 Å². The molecule has 0 aliphatic carbocycles. The molecule has 0 saturated carbocycles. The number of carbonyl (C=O) groups excluding carboxylic acids is 1. The predicted molar refractivity (Wildman–Crippen MR) is 95.7 cm³/mol. The van der Waals surface area contributed by atoms with Gasteiger partial charge in [0.1, 0.15) is 17.1 Å². The predicted octanol–water partition coefficient (Wildman–Crippen LogP) is 3.87. The Morgan fingerprint density at radius 3 is 2.85 bits per heavy atom. The second kappa shape index (κ2) is 6.34. The lowest BCUT2D eigenvalue weighted by Crippen LogP contribution is -2.12. The number of benzene rings is 2. The quantitative estimate of drug-likeness (QED) is 0.548. The Morgan fingerprint density at radius 2 is 2.12 bits per heavy atom. The van der Waals surface area contributed by atoms with Crippen molar-refractivity contribution in [1.29, 1.82) is 0 Å². The maximum Gasteiger partial charge on any atom is 0.291 e. The molecule has 0 saturated heterocycles. The molecule has 130 valence electrons. The van der Waals surface area contributed by atoms with Crippen LogP contribution in [0.2, 0.25) is 0 Å². The van der Waals surface area contributed by atoms with Gasteiger partial charge in [-0.15, -0.1) is 5.10 Å². The number of rotatable bonds is 3. The molecule has 2 aromatic heterocycles. The molecule has 4 rings (SSSR count). The van der Waals surface area contributed by atoms with Crippen LogP contribution in [0.15, 0.2) is 51.4 Å². The minimum absolute atomic E-state index is 0.137. The average molecular weight is 416 g/mol. The molecule has 0 fully saturated rings. The molecule has 0 radical (unpaired) electrons. The van der Waals surface area contributed by atoms with Gasteiger partial charge < -0.3 is 9.73 Å². The van der Waals surface area contributed by atoms with Crippen LogP contribution in [0.25, 0.3) is 16.7 Å². The van der Waals surface area contributed by atoms with Crippen LogP contribution in [0.5, 0.6) is 0 Å². The smallest absolute Gasteiger partial charge is 0.291 e. The first-order chi connectivity index (χ1) is 12.5. The number of para-hydroxylation sites is 1. The van der Waals surface area contributed by atoms with Crippen molar-refractivity contribution in [3.63, 3.8) is 0 Å². The van der Waals surface area contributed by atoms with Gasteiger partial charge in [-0.05, 0) is 63.6 Å². The molecule has 1 amide bonds. The highest BCUT2D eigenvalue weighted by atomic mass is 79.9. The SMILES string of the molecule is Cc1nnnn1-c1cc(NC(=O)c2cc3cccc(Br)c3o2)ccc1F. The molecule has 7 nitrogen and oxygen atoms in total. The number of hydrogen-bond donors (Lipinski definition) is 1. The zero-order valence-electron chi connectivity index (χ0n) is 13.4. The topological polar surface area (TPSA) is 85.8 Å². The van der Waals surface area contributed by atoms with Gasteiger partial charge in [0, 0.05) is 11.1 Å². The standard InChI is InChI=1S/C17H11BrFN5O2/c1-9-21-22-23-24(9)14-8-11(5-6-13(14)19)20-17(25)15-7-10-3-2-4-12(18)16(10)26-15/h2-8H,1H3,(H,20,25). The van der Waals surface area contributed by atoms with Crippen molar-refractivity contribution < 1.29 is 13.6 Å². The monoisotopic (exact) mass is 415 g/mol. The highest BCUT2D eigenvalue weighted by Crippen LogP contribution is 2.27. The number of aryl methyl sites for hydroxylation is 1. The van der Waals surface area contributed by atoms with Crippen LogP contribution < -0.4 is 5.32 Å². The van der Waals surface area contributed by atoms with Gasteiger partial charge >= 0.3 is 0 Å². The second-order valence-corrected chi connectivity index (χ2v) is 6.38. The van der Waals surface area contributed by atoms with Gasteiger partial charge in [0.15, 0.2) is 11.6 Å². The zero-order valence-corrected chi connectivity index (χ0v) is 15.0. The number of fused-ring (bicyclic) bond motifs is 1. The van der Waals surface area contributed by atoms with Crippen molar-refractivity contribution in [2.75, 3.05) is 5.32 Å². The maximum absolute atomic E-state index is 14.1. The Morgan fingerprint density at radius 1 is 1.27 bits per heavy atom. The van der Waals surface area contributed by atoms with Gasteiger partial charge in [-0.25, -0.2) is 4.39 Å². The van der Waals surface area contributed by atoms with Crippen molar-refractivity contribution >= 4 is 38.5 Å². The van der Waals surface area contributed by atoms with Crippen LogP contribution in [0, 0.1) is 12.7 Å². The highest BCUT2D eigenvalue weighted by Gasteiger charge is 2.16. The largest absolute Gasteiger partial charge is 0.450 e. The van der Waals surface area contributed by atoms with Gasteiger partial charge in [0.25, 0.3) is 5.91 Å². The Bertz CT molecular complexity index is 1140. The Balaban J connectivity index is 1.65. The summed E-state index contributed by atoms with van der Waals surface area (Å²) in [6.45, 7) is 1.65. The van der Waals surface area contributed by atoms with Crippen molar-refractivity contribution in [1.82, 2.24) is 20.2 Å². The summed E-state index contributed by atoms with van der Waals surface area (Å²) in [4.78, 5) is 12.5. The molecule has 9 heteroatoms. The summed E-state index contributed by atoms with van der Waals surface area (Å²) >= 11 is 3.38. The molecule has 0 aliphatic heterocycles. The molecule has 0 spiro atoms. The summed E-state index contributed by atoms with van der Waals surface area (Å²) in [5.41, 5.74) is 1.11. The van der Waals surface area contributed by atoms with Crippen molar-refractivity contribution in [2.24, 2.45) is 0 Å². The Hall–Kier alpha value is -3.07. The summed E-state index contributed by atoms with van der Waals surface area (Å²) in [7, 11) is 0. The van der Waals surface area contributed by atoms with Gasteiger partial charge in [0.05, 0.1) is 4.47 Å². The fraction of sp³-hybridized carbons (Fsp3) is 0.0588. The van der Waals surface area contributed by atoms with Crippen molar-refractivity contribution in [3.8, 4) is 5.69 Å². The molecule has 2 heterocycles. The molecule has 0 bridgehead atoms. The third-order valence-electron chi connectivity index (χ3n) is 3.78. The molecular formula is C17H11BrFN5O2. The van der Waals surface area contributed by atoms with E-state index in [1.165, 1.54) is 22.9 Å². The Labute approximate surface area is 154 Å². The molecule has 1 N–H and O–H groups in total. The van der Waals surface area contributed by atoms with E-state index in [-0.39, 0.29) is 11.4 Å². The van der Waals surface area contributed by atoms with Crippen LogP contribution in [0.4, 0.5) is 10.1 Å². The number of hydrogen-bond acceptors (Lipinski definition) is 5. The Kier molecular flexibility index (Phi) is 4.00. The van der Waals surface area contributed by atoms with Crippen LogP contribution in [-0.4, -0.2) is 26.1 Å². The summed E-state index contributed by atoms with van der Waals surface area (Å²) in [6.07, 6.45) is 0. The number of halogens is 2. The van der Waals surface area contributed by atoms with Crippen LogP contribution >= 0.6 is 15.9 Å². The van der Waals surface area contributed by atoms with Gasteiger partial charge in [-0.1, -0.05) is 12.1 Å². The number of furan rings is 1. The third kappa shape index (κ3) is 2.86. The van der Waals surface area contributed by atoms with E-state index >= 15 is 0 Å². The number of aromatic nitrogens is 4. The zero-order chi connectivity index (χ0) is 18.3. The second-order valence-electron chi connectivity index (χ2n) is 5.53. The molecule has 4 aromatic rings. The van der Waals surface area contributed by atoms with Crippen LogP contribution in [-0.2, 0) is 0 Å². The summed E-state index contributed by atoms with van der Waals surface area (Å²) in [6, 6.07) is 11.3. The molecule has 2 aromatic carbocycles. The molecule has 0 atom stereocenters.